The number of halogens is 3. The summed E-state index contributed by atoms with van der Waals surface area (Å²) in [6, 6.07) is 11.7. The van der Waals surface area contributed by atoms with Gasteiger partial charge in [0.05, 0.1) is 0 Å². The minimum absolute atomic E-state index is 0.665. The van der Waals surface area contributed by atoms with Crippen LogP contribution in [0.2, 0.25) is 15.1 Å². The Bertz CT molecular complexity index is 543. The number of hydrogen-bond acceptors (Lipinski definition) is 1. The third-order valence-corrected chi connectivity index (χ3v) is 4.05. The van der Waals surface area contributed by atoms with E-state index in [0.717, 1.165) is 35.7 Å². The van der Waals surface area contributed by atoms with Gasteiger partial charge in [-0.3, -0.25) is 0 Å². The van der Waals surface area contributed by atoms with Crippen molar-refractivity contribution in [3.05, 3.63) is 68.2 Å². The summed E-state index contributed by atoms with van der Waals surface area (Å²) in [4.78, 5) is 0. The molecule has 0 aliphatic rings. The molecule has 0 radical (unpaired) electrons. The monoisotopic (exact) mass is 327 g/mol. The SMILES string of the molecule is Cc1ccc(CNCCc2ccc(Cl)cc2Cl)c(Cl)c1. The number of aryl methyl sites for hydroxylation is 1. The van der Waals surface area contributed by atoms with E-state index in [-0.39, 0.29) is 0 Å². The van der Waals surface area contributed by atoms with Crippen molar-refractivity contribution in [3.8, 4) is 0 Å². The molecule has 0 spiro atoms. The first kappa shape index (κ1) is 15.7. The second kappa shape index (κ2) is 7.33. The van der Waals surface area contributed by atoms with Gasteiger partial charge in [0, 0.05) is 21.6 Å². The van der Waals surface area contributed by atoms with Crippen molar-refractivity contribution in [1.82, 2.24) is 5.32 Å². The molecule has 0 heterocycles. The summed E-state index contributed by atoms with van der Waals surface area (Å²) in [5, 5.41) is 5.56. The summed E-state index contributed by atoms with van der Waals surface area (Å²) in [6.45, 7) is 3.63. The molecule has 0 unspecified atom stereocenters. The quantitative estimate of drug-likeness (QED) is 0.736. The molecule has 1 nitrogen and oxygen atoms in total. The van der Waals surface area contributed by atoms with E-state index in [1.165, 1.54) is 5.56 Å². The van der Waals surface area contributed by atoms with Crippen LogP contribution in [0.1, 0.15) is 16.7 Å². The third-order valence-electron chi connectivity index (χ3n) is 3.11. The van der Waals surface area contributed by atoms with Gasteiger partial charge in [-0.05, 0) is 54.8 Å². The highest BCUT2D eigenvalue weighted by molar-refractivity contribution is 6.35. The maximum absolute atomic E-state index is 6.19. The summed E-state index contributed by atoms with van der Waals surface area (Å²) in [7, 11) is 0. The van der Waals surface area contributed by atoms with Gasteiger partial charge < -0.3 is 5.32 Å². The zero-order chi connectivity index (χ0) is 14.5. The van der Waals surface area contributed by atoms with Gasteiger partial charge in [0.2, 0.25) is 0 Å². The molecule has 2 rings (SSSR count). The Morgan fingerprint density at radius 1 is 0.900 bits per heavy atom. The summed E-state index contributed by atoms with van der Waals surface area (Å²) < 4.78 is 0. The normalized spacial score (nSPS) is 10.8. The highest BCUT2D eigenvalue weighted by Gasteiger charge is 2.02. The van der Waals surface area contributed by atoms with Gasteiger partial charge in [0.25, 0.3) is 0 Å². The number of nitrogens with one attached hydrogen (secondary N) is 1. The predicted molar refractivity (Wildman–Crippen MR) is 88.1 cm³/mol. The Hall–Kier alpha value is -0.730. The zero-order valence-electron chi connectivity index (χ0n) is 11.2. The lowest BCUT2D eigenvalue weighted by molar-refractivity contribution is 0.687. The third kappa shape index (κ3) is 4.39. The van der Waals surface area contributed by atoms with Crippen molar-refractivity contribution in [1.29, 1.82) is 0 Å². The fraction of sp³-hybridized carbons (Fsp3) is 0.250. The van der Waals surface area contributed by atoms with Gasteiger partial charge in [-0.15, -0.1) is 0 Å². The van der Waals surface area contributed by atoms with Crippen molar-refractivity contribution in [2.24, 2.45) is 0 Å². The van der Waals surface area contributed by atoms with Crippen LogP contribution in [0.25, 0.3) is 0 Å². The molecule has 1 N–H and O–H groups in total. The summed E-state index contributed by atoms with van der Waals surface area (Å²) in [5.41, 5.74) is 3.38. The molecular weight excluding hydrogens is 313 g/mol. The zero-order valence-corrected chi connectivity index (χ0v) is 13.5. The second-order valence-corrected chi connectivity index (χ2v) is 6.01. The van der Waals surface area contributed by atoms with Crippen molar-refractivity contribution >= 4 is 34.8 Å². The molecule has 0 amide bonds. The Kier molecular flexibility index (Phi) is 5.74. The molecule has 0 atom stereocenters. The Balaban J connectivity index is 1.84. The smallest absolute Gasteiger partial charge is 0.0453 e. The van der Waals surface area contributed by atoms with Crippen LogP contribution in [0.4, 0.5) is 0 Å². The Labute approximate surface area is 134 Å². The lowest BCUT2D eigenvalue weighted by Gasteiger charge is -2.08. The topological polar surface area (TPSA) is 12.0 Å². The summed E-state index contributed by atoms with van der Waals surface area (Å²) in [6.07, 6.45) is 0.861. The molecule has 0 saturated carbocycles. The Morgan fingerprint density at radius 3 is 2.30 bits per heavy atom. The van der Waals surface area contributed by atoms with E-state index in [9.17, 15) is 0 Å². The first-order valence-corrected chi connectivity index (χ1v) is 7.59. The number of rotatable bonds is 5. The molecular formula is C16H16Cl3N. The molecule has 2 aromatic rings. The maximum atomic E-state index is 6.19. The molecule has 0 saturated heterocycles. The fourth-order valence-corrected chi connectivity index (χ4v) is 2.77. The van der Waals surface area contributed by atoms with Gasteiger partial charge in [-0.1, -0.05) is 53.0 Å². The molecule has 0 aliphatic heterocycles. The van der Waals surface area contributed by atoms with Gasteiger partial charge in [-0.2, -0.15) is 0 Å². The van der Waals surface area contributed by atoms with Crippen LogP contribution in [0, 0.1) is 6.92 Å². The first-order valence-electron chi connectivity index (χ1n) is 6.46. The lowest BCUT2D eigenvalue weighted by atomic mass is 10.1. The van der Waals surface area contributed by atoms with E-state index in [4.69, 9.17) is 34.8 Å². The Morgan fingerprint density at radius 2 is 1.60 bits per heavy atom. The van der Waals surface area contributed by atoms with Crippen LogP contribution in [0.5, 0.6) is 0 Å². The minimum atomic E-state index is 0.665. The van der Waals surface area contributed by atoms with Crippen molar-refractivity contribution < 1.29 is 0 Å². The van der Waals surface area contributed by atoms with E-state index in [0.29, 0.717) is 10.0 Å². The number of benzene rings is 2. The van der Waals surface area contributed by atoms with E-state index >= 15 is 0 Å². The van der Waals surface area contributed by atoms with Gasteiger partial charge in [0.1, 0.15) is 0 Å². The molecule has 2 aromatic carbocycles. The van der Waals surface area contributed by atoms with E-state index in [2.05, 4.69) is 17.4 Å². The second-order valence-electron chi connectivity index (χ2n) is 4.76. The molecule has 106 valence electrons. The maximum Gasteiger partial charge on any atom is 0.0453 e. The summed E-state index contributed by atoms with van der Waals surface area (Å²) in [5.74, 6) is 0. The fourth-order valence-electron chi connectivity index (χ4n) is 1.97. The van der Waals surface area contributed by atoms with E-state index < -0.39 is 0 Å². The van der Waals surface area contributed by atoms with Crippen LogP contribution in [0.3, 0.4) is 0 Å². The largest absolute Gasteiger partial charge is 0.312 e. The standard InChI is InChI=1S/C16H16Cl3N/c1-11-2-3-13(15(18)8-11)10-20-7-6-12-4-5-14(17)9-16(12)19/h2-5,8-9,20H,6-7,10H2,1H3. The average molecular weight is 329 g/mol. The summed E-state index contributed by atoms with van der Waals surface area (Å²) >= 11 is 18.2. The van der Waals surface area contributed by atoms with Crippen LogP contribution in [0.15, 0.2) is 36.4 Å². The van der Waals surface area contributed by atoms with Crippen LogP contribution >= 0.6 is 34.8 Å². The van der Waals surface area contributed by atoms with E-state index in [1.807, 2.05) is 25.1 Å². The molecule has 0 bridgehead atoms. The minimum Gasteiger partial charge on any atom is -0.312 e. The number of hydrogen-bond donors (Lipinski definition) is 1. The van der Waals surface area contributed by atoms with Crippen LogP contribution in [-0.4, -0.2) is 6.54 Å². The van der Waals surface area contributed by atoms with Crippen molar-refractivity contribution in [2.45, 2.75) is 19.9 Å². The van der Waals surface area contributed by atoms with Crippen molar-refractivity contribution in [2.75, 3.05) is 6.54 Å². The lowest BCUT2D eigenvalue weighted by Crippen LogP contribution is -2.17. The van der Waals surface area contributed by atoms with Crippen molar-refractivity contribution in [3.63, 3.8) is 0 Å². The molecule has 20 heavy (non-hydrogen) atoms. The first-order chi connectivity index (χ1) is 9.56. The molecule has 0 aromatic heterocycles. The van der Waals surface area contributed by atoms with E-state index in [1.54, 1.807) is 6.07 Å². The van der Waals surface area contributed by atoms with Gasteiger partial charge >= 0.3 is 0 Å². The van der Waals surface area contributed by atoms with Crippen LogP contribution in [-0.2, 0) is 13.0 Å². The average Bonchev–Trinajstić information content (AvgIpc) is 2.39. The highest BCUT2D eigenvalue weighted by atomic mass is 35.5. The molecule has 0 fully saturated rings. The highest BCUT2D eigenvalue weighted by Crippen LogP contribution is 2.21. The molecule has 4 heteroatoms. The van der Waals surface area contributed by atoms with Crippen LogP contribution < -0.4 is 5.32 Å². The predicted octanol–water partition coefficient (Wildman–Crippen LogP) is 5.29. The van der Waals surface area contributed by atoms with Gasteiger partial charge in [-0.25, -0.2) is 0 Å². The molecule has 0 aliphatic carbocycles. The van der Waals surface area contributed by atoms with Gasteiger partial charge in [0.15, 0.2) is 0 Å².